The predicted molar refractivity (Wildman–Crippen MR) is 105 cm³/mol. The minimum absolute atomic E-state index is 0.0862. The Labute approximate surface area is 161 Å². The van der Waals surface area contributed by atoms with E-state index in [1.807, 2.05) is 19.1 Å². The normalized spacial score (nSPS) is 25.2. The summed E-state index contributed by atoms with van der Waals surface area (Å²) in [6.07, 6.45) is 4.57. The van der Waals surface area contributed by atoms with Crippen LogP contribution in [0.25, 0.3) is 6.08 Å². The summed E-state index contributed by atoms with van der Waals surface area (Å²) in [4.78, 5) is 0. The van der Waals surface area contributed by atoms with Crippen LogP contribution in [0.2, 0.25) is 6.32 Å². The summed E-state index contributed by atoms with van der Waals surface area (Å²) in [6.45, 7) is 3.89. The molecule has 148 valence electrons. The Balaban J connectivity index is 1.76. The van der Waals surface area contributed by atoms with E-state index in [1.54, 1.807) is 6.07 Å². The first kappa shape index (κ1) is 20.4. The van der Waals surface area contributed by atoms with E-state index < -0.39 is 22.2 Å². The maximum absolute atomic E-state index is 12.5. The summed E-state index contributed by atoms with van der Waals surface area (Å²) in [7, 11) is -4.28. The minimum atomic E-state index is -3.23. The van der Waals surface area contributed by atoms with Crippen molar-refractivity contribution < 1.29 is 27.6 Å². The molecule has 2 atom stereocenters. The van der Waals surface area contributed by atoms with Crippen LogP contribution >= 0.6 is 0 Å². The number of fused-ring (bicyclic) bond motifs is 1. The predicted octanol–water partition coefficient (Wildman–Crippen LogP) is 2.73. The molecule has 1 saturated heterocycles. The van der Waals surface area contributed by atoms with Crippen LogP contribution < -0.4 is 0 Å². The highest BCUT2D eigenvalue weighted by molar-refractivity contribution is 7.92. The van der Waals surface area contributed by atoms with Crippen molar-refractivity contribution in [2.45, 2.75) is 63.8 Å². The second-order valence-corrected chi connectivity index (χ2v) is 9.36. The number of aliphatic hydroxyl groups excluding tert-OH is 1. The lowest BCUT2D eigenvalue weighted by atomic mass is 9.74. The van der Waals surface area contributed by atoms with Gasteiger partial charge in [0.2, 0.25) is 0 Å². The molecule has 3 heterocycles. The molecule has 0 unspecified atom stereocenters. The molecular formula is C19H27BO6S. The van der Waals surface area contributed by atoms with Crippen molar-refractivity contribution in [2.75, 3.05) is 5.75 Å². The molecule has 1 aromatic rings. The van der Waals surface area contributed by atoms with Crippen molar-refractivity contribution in [3.05, 3.63) is 40.4 Å². The molecule has 2 aliphatic rings. The average Bonchev–Trinajstić information content (AvgIpc) is 3.20. The van der Waals surface area contributed by atoms with Gasteiger partial charge in [0, 0.05) is 6.32 Å². The van der Waals surface area contributed by atoms with Crippen LogP contribution in [0.4, 0.5) is 0 Å². The van der Waals surface area contributed by atoms with E-state index in [9.17, 15) is 13.4 Å². The maximum atomic E-state index is 12.5. The summed E-state index contributed by atoms with van der Waals surface area (Å²) in [5.74, 6) is 1.30. The first-order chi connectivity index (χ1) is 12.9. The van der Waals surface area contributed by atoms with E-state index in [4.69, 9.17) is 14.2 Å². The van der Waals surface area contributed by atoms with Crippen molar-refractivity contribution in [2.24, 2.45) is 0 Å². The molecule has 2 aliphatic heterocycles. The van der Waals surface area contributed by atoms with Crippen molar-refractivity contribution in [1.82, 2.24) is 0 Å². The Morgan fingerprint density at radius 2 is 2.15 bits per heavy atom. The standard InChI is InChI=1S/C19H27BO6S/c1-3-13(9-15-6-7-16(11-21)25-15)5-8-17-19-14(4-2)12-27(23,24)18(19)10-20(22)26-17/h6-7,9,17-18,21-22H,3-5,8,10-12H2,1-2H3/b13-9+/t17-,18+/m1/s1. The quantitative estimate of drug-likeness (QED) is 0.545. The van der Waals surface area contributed by atoms with Crippen LogP contribution in [0.15, 0.2) is 33.3 Å². The van der Waals surface area contributed by atoms with E-state index in [1.165, 1.54) is 0 Å². The second kappa shape index (κ2) is 8.35. The van der Waals surface area contributed by atoms with Crippen molar-refractivity contribution >= 4 is 23.0 Å². The van der Waals surface area contributed by atoms with Crippen LogP contribution in [-0.4, -0.2) is 42.8 Å². The van der Waals surface area contributed by atoms with Gasteiger partial charge in [-0.3, -0.25) is 0 Å². The van der Waals surface area contributed by atoms with Crippen LogP contribution in [-0.2, 0) is 21.1 Å². The largest absolute Gasteiger partial charge is 0.459 e. The van der Waals surface area contributed by atoms with Crippen molar-refractivity contribution in [3.8, 4) is 0 Å². The zero-order valence-corrected chi connectivity index (χ0v) is 16.7. The number of sulfone groups is 1. The highest BCUT2D eigenvalue weighted by atomic mass is 32.2. The topological polar surface area (TPSA) is 97.0 Å². The first-order valence-electron chi connectivity index (χ1n) is 9.53. The van der Waals surface area contributed by atoms with Crippen LogP contribution in [0.5, 0.6) is 0 Å². The zero-order valence-electron chi connectivity index (χ0n) is 15.8. The highest BCUT2D eigenvalue weighted by Gasteiger charge is 2.47. The molecule has 0 spiro atoms. The van der Waals surface area contributed by atoms with E-state index >= 15 is 0 Å². The second-order valence-electron chi connectivity index (χ2n) is 7.18. The van der Waals surface area contributed by atoms with Crippen LogP contribution in [0, 0.1) is 0 Å². The van der Waals surface area contributed by atoms with Gasteiger partial charge < -0.3 is 19.2 Å². The molecular weight excluding hydrogens is 367 g/mol. The number of rotatable bonds is 7. The summed E-state index contributed by atoms with van der Waals surface area (Å²) in [6, 6.07) is 3.56. The Kier molecular flexibility index (Phi) is 6.30. The minimum Gasteiger partial charge on any atom is -0.459 e. The van der Waals surface area contributed by atoms with Crippen molar-refractivity contribution in [1.29, 1.82) is 0 Å². The number of hydrogen-bond donors (Lipinski definition) is 2. The summed E-state index contributed by atoms with van der Waals surface area (Å²) in [5.41, 5.74) is 2.96. The molecule has 0 aliphatic carbocycles. The molecule has 0 aromatic carbocycles. The number of aliphatic hydroxyl groups is 1. The highest BCUT2D eigenvalue weighted by Crippen LogP contribution is 2.40. The van der Waals surface area contributed by atoms with Gasteiger partial charge in [0.1, 0.15) is 18.1 Å². The molecule has 1 fully saturated rings. The lowest BCUT2D eigenvalue weighted by Gasteiger charge is -2.32. The van der Waals surface area contributed by atoms with Gasteiger partial charge in [-0.1, -0.05) is 25.0 Å². The number of hydrogen-bond acceptors (Lipinski definition) is 6. The molecule has 0 bridgehead atoms. The Bertz CT molecular complexity index is 838. The van der Waals surface area contributed by atoms with Crippen LogP contribution in [0.3, 0.4) is 0 Å². The van der Waals surface area contributed by atoms with Crippen LogP contribution in [0.1, 0.15) is 51.1 Å². The van der Waals surface area contributed by atoms with Gasteiger partial charge in [-0.2, -0.15) is 0 Å². The fourth-order valence-corrected chi connectivity index (χ4v) is 6.23. The summed E-state index contributed by atoms with van der Waals surface area (Å²) < 4.78 is 36.2. The monoisotopic (exact) mass is 394 g/mol. The molecule has 8 heteroatoms. The van der Waals surface area contributed by atoms with E-state index in [2.05, 4.69) is 6.92 Å². The Morgan fingerprint density at radius 3 is 2.78 bits per heavy atom. The molecule has 6 nitrogen and oxygen atoms in total. The van der Waals surface area contributed by atoms with Crippen molar-refractivity contribution in [3.63, 3.8) is 0 Å². The van der Waals surface area contributed by atoms with Gasteiger partial charge in [-0.05, 0) is 49.5 Å². The molecule has 1 aromatic heterocycles. The first-order valence-corrected chi connectivity index (χ1v) is 11.2. The fourth-order valence-electron chi connectivity index (χ4n) is 4.01. The van der Waals surface area contributed by atoms with Gasteiger partial charge >= 0.3 is 7.12 Å². The third-order valence-electron chi connectivity index (χ3n) is 5.44. The molecule has 0 amide bonds. The Hall–Kier alpha value is -1.35. The van der Waals surface area contributed by atoms with E-state index in [-0.39, 0.29) is 24.8 Å². The zero-order chi connectivity index (χ0) is 19.6. The van der Waals surface area contributed by atoms with E-state index in [0.29, 0.717) is 24.4 Å². The summed E-state index contributed by atoms with van der Waals surface area (Å²) in [5, 5.41) is 18.5. The fraction of sp³-hybridized carbons (Fsp3) is 0.579. The van der Waals surface area contributed by atoms with Gasteiger partial charge in [0.05, 0.1) is 17.1 Å². The van der Waals surface area contributed by atoms with Gasteiger partial charge in [0.15, 0.2) is 9.84 Å². The summed E-state index contributed by atoms with van der Waals surface area (Å²) >= 11 is 0. The maximum Gasteiger partial charge on any atom is 0.456 e. The molecule has 27 heavy (non-hydrogen) atoms. The lowest BCUT2D eigenvalue weighted by molar-refractivity contribution is 0.169. The average molecular weight is 394 g/mol. The molecule has 3 rings (SSSR count). The van der Waals surface area contributed by atoms with Gasteiger partial charge in [-0.15, -0.1) is 0 Å². The third kappa shape index (κ3) is 4.40. The van der Waals surface area contributed by atoms with Gasteiger partial charge in [-0.25, -0.2) is 8.42 Å². The molecule has 0 radical (unpaired) electrons. The molecule has 2 N–H and O–H groups in total. The lowest BCUT2D eigenvalue weighted by Crippen LogP contribution is -2.41. The number of allylic oxidation sites excluding steroid dienone is 1. The molecule has 0 saturated carbocycles. The number of furan rings is 1. The van der Waals surface area contributed by atoms with E-state index in [0.717, 1.165) is 29.6 Å². The Morgan fingerprint density at radius 1 is 1.37 bits per heavy atom. The SMILES string of the molecule is CCC1=C2[C@@H](CC/C(=C/c3ccc(CO)o3)CC)OB(O)C[C@@H]2S(=O)(=O)C1. The smallest absolute Gasteiger partial charge is 0.456 e. The third-order valence-corrected chi connectivity index (χ3v) is 7.51. The van der Waals surface area contributed by atoms with Gasteiger partial charge in [0.25, 0.3) is 0 Å².